The number of aromatic nitrogens is 2. The van der Waals surface area contributed by atoms with Crippen LogP contribution in [0.1, 0.15) is 23.0 Å². The highest BCUT2D eigenvalue weighted by atomic mass is 32.1. The lowest BCUT2D eigenvalue weighted by Gasteiger charge is -2.09. The Labute approximate surface area is 178 Å². The summed E-state index contributed by atoms with van der Waals surface area (Å²) in [6, 6.07) is 22.7. The Morgan fingerprint density at radius 3 is 2.43 bits per heavy atom. The Kier molecular flexibility index (Phi) is 5.72. The zero-order valence-corrected chi connectivity index (χ0v) is 17.1. The molecule has 6 nitrogen and oxygen atoms in total. The Morgan fingerprint density at radius 2 is 1.77 bits per heavy atom. The summed E-state index contributed by atoms with van der Waals surface area (Å²) in [5.41, 5.74) is 3.71. The first-order chi connectivity index (χ1) is 14.6. The molecule has 2 N–H and O–H groups in total. The number of amides is 2. The number of carbonyl (C=O) groups is 2. The summed E-state index contributed by atoms with van der Waals surface area (Å²) in [6.45, 7) is 1.84. The van der Waals surface area contributed by atoms with Crippen molar-refractivity contribution in [2.24, 2.45) is 0 Å². The van der Waals surface area contributed by atoms with Crippen molar-refractivity contribution in [1.82, 2.24) is 15.1 Å². The molecule has 4 aromatic rings. The van der Waals surface area contributed by atoms with Crippen LogP contribution in [0.4, 0.5) is 5.69 Å². The number of carbonyl (C=O) groups excluding carboxylic acids is 2. The monoisotopic (exact) mass is 416 g/mol. The average molecular weight is 417 g/mol. The molecule has 0 saturated heterocycles. The fourth-order valence-corrected chi connectivity index (χ4v) is 3.72. The SMILES string of the molecule is CC(=O)Nc1ccc(CNC(=O)c2cc(-c3cccs3)nn2-c2ccccc2)cc1. The van der Waals surface area contributed by atoms with E-state index in [1.165, 1.54) is 6.92 Å². The van der Waals surface area contributed by atoms with Crippen molar-refractivity contribution in [3.63, 3.8) is 0 Å². The minimum Gasteiger partial charge on any atom is -0.347 e. The van der Waals surface area contributed by atoms with Gasteiger partial charge >= 0.3 is 0 Å². The van der Waals surface area contributed by atoms with Crippen molar-refractivity contribution in [3.8, 4) is 16.3 Å². The van der Waals surface area contributed by atoms with Crippen LogP contribution < -0.4 is 10.6 Å². The van der Waals surface area contributed by atoms with Gasteiger partial charge in [-0.3, -0.25) is 9.59 Å². The third-order valence-corrected chi connectivity index (χ3v) is 5.34. The predicted molar refractivity (Wildman–Crippen MR) is 119 cm³/mol. The van der Waals surface area contributed by atoms with Crippen molar-refractivity contribution in [1.29, 1.82) is 0 Å². The molecule has 30 heavy (non-hydrogen) atoms. The predicted octanol–water partition coefficient (Wildman–Crippen LogP) is 4.49. The van der Waals surface area contributed by atoms with Crippen LogP contribution in [0.3, 0.4) is 0 Å². The molecule has 4 rings (SSSR count). The fourth-order valence-electron chi connectivity index (χ4n) is 3.04. The molecular weight excluding hydrogens is 396 g/mol. The van der Waals surface area contributed by atoms with Gasteiger partial charge in [0, 0.05) is 19.2 Å². The lowest BCUT2D eigenvalue weighted by Crippen LogP contribution is -2.25. The van der Waals surface area contributed by atoms with Crippen LogP contribution in [0.2, 0.25) is 0 Å². The molecule has 0 aliphatic rings. The smallest absolute Gasteiger partial charge is 0.270 e. The Hall–Kier alpha value is -3.71. The normalized spacial score (nSPS) is 10.6. The number of hydrogen-bond donors (Lipinski definition) is 2. The van der Waals surface area contributed by atoms with Gasteiger partial charge in [0.05, 0.1) is 10.6 Å². The first kappa shape index (κ1) is 19.6. The number of benzene rings is 2. The van der Waals surface area contributed by atoms with Crippen LogP contribution in [-0.2, 0) is 11.3 Å². The van der Waals surface area contributed by atoms with Gasteiger partial charge in [-0.1, -0.05) is 36.4 Å². The quantitative estimate of drug-likeness (QED) is 0.486. The fraction of sp³-hybridized carbons (Fsp3) is 0.0870. The summed E-state index contributed by atoms with van der Waals surface area (Å²) < 4.78 is 1.67. The summed E-state index contributed by atoms with van der Waals surface area (Å²) >= 11 is 1.58. The second-order valence-corrected chi connectivity index (χ2v) is 7.65. The van der Waals surface area contributed by atoms with E-state index in [4.69, 9.17) is 0 Å². The van der Waals surface area contributed by atoms with E-state index in [0.29, 0.717) is 12.2 Å². The van der Waals surface area contributed by atoms with Gasteiger partial charge in [-0.05, 0) is 47.3 Å². The van der Waals surface area contributed by atoms with Gasteiger partial charge in [-0.25, -0.2) is 4.68 Å². The van der Waals surface area contributed by atoms with Crippen LogP contribution >= 0.6 is 11.3 Å². The third-order valence-electron chi connectivity index (χ3n) is 4.44. The molecule has 0 spiro atoms. The summed E-state index contributed by atoms with van der Waals surface area (Å²) in [5, 5.41) is 12.3. The second-order valence-electron chi connectivity index (χ2n) is 6.70. The molecular formula is C23H20N4O2S. The molecule has 150 valence electrons. The standard InChI is InChI=1S/C23H20N4O2S/c1-16(28)25-18-11-9-17(10-12-18)15-24-23(29)21-14-20(22-8-5-13-30-22)26-27(21)19-6-3-2-4-7-19/h2-14H,15H2,1H3,(H,24,29)(H,25,28). The summed E-state index contributed by atoms with van der Waals surface area (Å²) in [4.78, 5) is 25.1. The number of nitrogens with one attached hydrogen (secondary N) is 2. The molecule has 0 unspecified atom stereocenters. The topological polar surface area (TPSA) is 76.0 Å². The molecule has 0 bridgehead atoms. The van der Waals surface area contributed by atoms with Gasteiger partial charge in [-0.15, -0.1) is 11.3 Å². The highest BCUT2D eigenvalue weighted by Gasteiger charge is 2.18. The first-order valence-electron chi connectivity index (χ1n) is 9.44. The van der Waals surface area contributed by atoms with E-state index < -0.39 is 0 Å². The molecule has 2 aromatic carbocycles. The molecule has 2 aromatic heterocycles. The number of para-hydroxylation sites is 1. The number of anilines is 1. The lowest BCUT2D eigenvalue weighted by atomic mass is 10.2. The third kappa shape index (κ3) is 4.47. The minimum absolute atomic E-state index is 0.119. The summed E-state index contributed by atoms with van der Waals surface area (Å²) in [5.74, 6) is -0.327. The van der Waals surface area contributed by atoms with Crippen molar-refractivity contribution in [3.05, 3.63) is 89.4 Å². The Bertz CT molecular complexity index is 1150. The minimum atomic E-state index is -0.208. The van der Waals surface area contributed by atoms with Gasteiger partial charge in [0.1, 0.15) is 11.4 Å². The Balaban J connectivity index is 1.55. The van der Waals surface area contributed by atoms with Crippen LogP contribution in [-0.4, -0.2) is 21.6 Å². The van der Waals surface area contributed by atoms with Crippen molar-refractivity contribution in [2.75, 3.05) is 5.32 Å². The molecule has 0 atom stereocenters. The number of hydrogen-bond acceptors (Lipinski definition) is 4. The van der Waals surface area contributed by atoms with Gasteiger partial charge < -0.3 is 10.6 Å². The first-order valence-corrected chi connectivity index (χ1v) is 10.3. The van der Waals surface area contributed by atoms with Crippen LogP contribution in [0, 0.1) is 0 Å². The highest BCUT2D eigenvalue weighted by Crippen LogP contribution is 2.25. The van der Waals surface area contributed by atoms with Crippen LogP contribution in [0.25, 0.3) is 16.3 Å². The molecule has 0 aliphatic carbocycles. The maximum atomic E-state index is 13.0. The van der Waals surface area contributed by atoms with Gasteiger partial charge in [-0.2, -0.15) is 5.10 Å². The maximum absolute atomic E-state index is 13.0. The molecule has 2 amide bonds. The van der Waals surface area contributed by atoms with Crippen molar-refractivity contribution < 1.29 is 9.59 Å². The van der Waals surface area contributed by atoms with E-state index in [0.717, 1.165) is 27.5 Å². The summed E-state index contributed by atoms with van der Waals surface area (Å²) in [7, 11) is 0. The van der Waals surface area contributed by atoms with E-state index >= 15 is 0 Å². The highest BCUT2D eigenvalue weighted by molar-refractivity contribution is 7.13. The van der Waals surface area contributed by atoms with E-state index in [1.54, 1.807) is 16.0 Å². The zero-order valence-electron chi connectivity index (χ0n) is 16.3. The summed E-state index contributed by atoms with van der Waals surface area (Å²) in [6.07, 6.45) is 0. The van der Waals surface area contributed by atoms with Gasteiger partial charge in [0.15, 0.2) is 0 Å². The molecule has 7 heteroatoms. The molecule has 0 fully saturated rings. The molecule has 2 heterocycles. The molecule has 0 aliphatic heterocycles. The van der Waals surface area contributed by atoms with Crippen molar-refractivity contribution >= 4 is 28.8 Å². The second kappa shape index (κ2) is 8.75. The van der Waals surface area contributed by atoms with E-state index in [1.807, 2.05) is 78.2 Å². The van der Waals surface area contributed by atoms with Gasteiger partial charge in [0.25, 0.3) is 5.91 Å². The van der Waals surface area contributed by atoms with E-state index in [9.17, 15) is 9.59 Å². The zero-order chi connectivity index (χ0) is 20.9. The molecule has 0 saturated carbocycles. The van der Waals surface area contributed by atoms with Crippen LogP contribution in [0.5, 0.6) is 0 Å². The molecule has 0 radical (unpaired) electrons. The van der Waals surface area contributed by atoms with Gasteiger partial charge in [0.2, 0.25) is 5.91 Å². The van der Waals surface area contributed by atoms with E-state index in [2.05, 4.69) is 15.7 Å². The van der Waals surface area contributed by atoms with E-state index in [-0.39, 0.29) is 11.8 Å². The maximum Gasteiger partial charge on any atom is 0.270 e. The average Bonchev–Trinajstić information content (AvgIpc) is 3.43. The van der Waals surface area contributed by atoms with Crippen molar-refractivity contribution in [2.45, 2.75) is 13.5 Å². The Morgan fingerprint density at radius 1 is 1.00 bits per heavy atom. The number of thiophene rings is 1. The van der Waals surface area contributed by atoms with Crippen LogP contribution in [0.15, 0.2) is 78.2 Å². The number of rotatable bonds is 6. The number of nitrogens with zero attached hydrogens (tertiary/aromatic N) is 2. The largest absolute Gasteiger partial charge is 0.347 e. The lowest BCUT2D eigenvalue weighted by molar-refractivity contribution is -0.114.